The summed E-state index contributed by atoms with van der Waals surface area (Å²) in [6.45, 7) is 0. The fourth-order valence-electron chi connectivity index (χ4n) is 1.68. The van der Waals surface area contributed by atoms with E-state index in [9.17, 15) is 0 Å². The lowest BCUT2D eigenvalue weighted by Gasteiger charge is -2.03. The first-order valence-corrected chi connectivity index (χ1v) is 5.02. The van der Waals surface area contributed by atoms with E-state index in [0.29, 0.717) is 6.04 Å². The zero-order valence-electron chi connectivity index (χ0n) is 8.20. The average molecular weight is 187 g/mol. The van der Waals surface area contributed by atoms with Gasteiger partial charge in [0.1, 0.15) is 0 Å². The number of benzene rings is 1. The maximum absolute atomic E-state index is 4.54. The number of hydrogen-bond donors (Lipinski definition) is 1. The van der Waals surface area contributed by atoms with Crippen LogP contribution in [0, 0.1) is 0 Å². The van der Waals surface area contributed by atoms with Crippen LogP contribution in [-0.4, -0.2) is 15.6 Å². The molecule has 0 saturated heterocycles. The SMILES string of the molecule is Cn1c(NC2CC2)nc2ccccc21. The first kappa shape index (κ1) is 7.85. The number of anilines is 1. The summed E-state index contributed by atoms with van der Waals surface area (Å²) < 4.78 is 2.12. The van der Waals surface area contributed by atoms with Crippen molar-refractivity contribution in [2.45, 2.75) is 18.9 Å². The molecule has 1 N–H and O–H groups in total. The lowest BCUT2D eigenvalue weighted by molar-refractivity contribution is 0.926. The third-order valence-corrected chi connectivity index (χ3v) is 2.70. The largest absolute Gasteiger partial charge is 0.353 e. The summed E-state index contributed by atoms with van der Waals surface area (Å²) in [6, 6.07) is 8.88. The van der Waals surface area contributed by atoms with E-state index >= 15 is 0 Å². The molecule has 0 atom stereocenters. The van der Waals surface area contributed by atoms with Crippen LogP contribution in [0.2, 0.25) is 0 Å². The van der Waals surface area contributed by atoms with Gasteiger partial charge in [0.15, 0.2) is 0 Å². The number of rotatable bonds is 2. The molecule has 72 valence electrons. The number of fused-ring (bicyclic) bond motifs is 1. The van der Waals surface area contributed by atoms with Gasteiger partial charge in [-0.2, -0.15) is 0 Å². The first-order valence-electron chi connectivity index (χ1n) is 5.02. The standard InChI is InChI=1S/C11H13N3/c1-14-10-5-3-2-4-9(10)13-11(14)12-8-6-7-8/h2-5,8H,6-7H2,1H3,(H,12,13). The number of hydrogen-bond acceptors (Lipinski definition) is 2. The van der Waals surface area contributed by atoms with Crippen molar-refractivity contribution < 1.29 is 0 Å². The van der Waals surface area contributed by atoms with Crippen molar-refractivity contribution >= 4 is 17.0 Å². The molecule has 1 fully saturated rings. The van der Waals surface area contributed by atoms with Crippen molar-refractivity contribution in [3.8, 4) is 0 Å². The normalized spacial score (nSPS) is 16.1. The number of imidazole rings is 1. The second-order valence-electron chi connectivity index (χ2n) is 3.90. The van der Waals surface area contributed by atoms with Crippen molar-refractivity contribution in [3.05, 3.63) is 24.3 Å². The third kappa shape index (κ3) is 1.16. The molecule has 0 spiro atoms. The quantitative estimate of drug-likeness (QED) is 0.780. The van der Waals surface area contributed by atoms with Crippen LogP contribution >= 0.6 is 0 Å². The smallest absolute Gasteiger partial charge is 0.203 e. The molecule has 14 heavy (non-hydrogen) atoms. The van der Waals surface area contributed by atoms with E-state index in [1.54, 1.807) is 0 Å². The zero-order valence-corrected chi connectivity index (χ0v) is 8.20. The molecule has 1 aliphatic rings. The number of aromatic nitrogens is 2. The minimum atomic E-state index is 0.658. The molecule has 1 saturated carbocycles. The van der Waals surface area contributed by atoms with Crippen LogP contribution in [-0.2, 0) is 7.05 Å². The van der Waals surface area contributed by atoms with Crippen molar-refractivity contribution in [3.63, 3.8) is 0 Å². The predicted molar refractivity (Wildman–Crippen MR) is 57.4 cm³/mol. The van der Waals surface area contributed by atoms with E-state index in [1.807, 2.05) is 18.2 Å². The zero-order chi connectivity index (χ0) is 9.54. The molecule has 1 aromatic carbocycles. The van der Waals surface area contributed by atoms with Gasteiger partial charge in [0, 0.05) is 13.1 Å². The van der Waals surface area contributed by atoms with Crippen LogP contribution in [0.15, 0.2) is 24.3 Å². The molecule has 3 heteroatoms. The van der Waals surface area contributed by atoms with E-state index < -0.39 is 0 Å². The Hall–Kier alpha value is -1.51. The highest BCUT2D eigenvalue weighted by Crippen LogP contribution is 2.25. The van der Waals surface area contributed by atoms with Gasteiger partial charge in [-0.1, -0.05) is 12.1 Å². The van der Waals surface area contributed by atoms with Gasteiger partial charge in [0.25, 0.3) is 0 Å². The van der Waals surface area contributed by atoms with E-state index in [-0.39, 0.29) is 0 Å². The summed E-state index contributed by atoms with van der Waals surface area (Å²) in [6.07, 6.45) is 2.56. The van der Waals surface area contributed by atoms with Gasteiger partial charge in [-0.15, -0.1) is 0 Å². The Bertz CT molecular complexity index is 468. The molecular weight excluding hydrogens is 174 g/mol. The predicted octanol–water partition coefficient (Wildman–Crippen LogP) is 2.15. The topological polar surface area (TPSA) is 29.9 Å². The van der Waals surface area contributed by atoms with Gasteiger partial charge >= 0.3 is 0 Å². The highest BCUT2D eigenvalue weighted by Gasteiger charge is 2.22. The maximum Gasteiger partial charge on any atom is 0.203 e. The molecule has 3 nitrogen and oxygen atoms in total. The molecular formula is C11H13N3. The Balaban J connectivity index is 2.09. The molecule has 1 heterocycles. The Morgan fingerprint density at radius 1 is 1.36 bits per heavy atom. The second kappa shape index (κ2) is 2.74. The molecule has 0 radical (unpaired) electrons. The van der Waals surface area contributed by atoms with Gasteiger partial charge in [0.05, 0.1) is 11.0 Å². The lowest BCUT2D eigenvalue weighted by Crippen LogP contribution is -2.06. The lowest BCUT2D eigenvalue weighted by atomic mass is 10.3. The maximum atomic E-state index is 4.54. The Labute approximate surface area is 82.8 Å². The Morgan fingerprint density at radius 2 is 2.14 bits per heavy atom. The fraction of sp³-hybridized carbons (Fsp3) is 0.364. The molecule has 1 aliphatic carbocycles. The molecule has 1 aromatic heterocycles. The summed E-state index contributed by atoms with van der Waals surface area (Å²) >= 11 is 0. The third-order valence-electron chi connectivity index (χ3n) is 2.70. The monoisotopic (exact) mass is 187 g/mol. The summed E-state index contributed by atoms with van der Waals surface area (Å²) in [7, 11) is 2.06. The summed E-state index contributed by atoms with van der Waals surface area (Å²) in [5, 5.41) is 3.43. The van der Waals surface area contributed by atoms with Crippen LogP contribution in [0.4, 0.5) is 5.95 Å². The fourth-order valence-corrected chi connectivity index (χ4v) is 1.68. The van der Waals surface area contributed by atoms with Crippen LogP contribution in [0.1, 0.15) is 12.8 Å². The van der Waals surface area contributed by atoms with Gasteiger partial charge in [-0.25, -0.2) is 4.98 Å². The minimum Gasteiger partial charge on any atom is -0.353 e. The van der Waals surface area contributed by atoms with Crippen molar-refractivity contribution in [2.75, 3.05) is 5.32 Å². The molecule has 0 bridgehead atoms. The van der Waals surface area contributed by atoms with Crippen LogP contribution < -0.4 is 5.32 Å². The number of para-hydroxylation sites is 2. The molecule has 0 unspecified atom stereocenters. The number of nitrogens with one attached hydrogen (secondary N) is 1. The molecule has 2 aromatic rings. The second-order valence-corrected chi connectivity index (χ2v) is 3.90. The van der Waals surface area contributed by atoms with Crippen molar-refractivity contribution in [2.24, 2.45) is 7.05 Å². The van der Waals surface area contributed by atoms with E-state index in [1.165, 1.54) is 18.4 Å². The van der Waals surface area contributed by atoms with E-state index in [4.69, 9.17) is 0 Å². The van der Waals surface area contributed by atoms with Gasteiger partial charge in [0.2, 0.25) is 5.95 Å². The molecule has 3 rings (SSSR count). The van der Waals surface area contributed by atoms with E-state index in [2.05, 4.69) is 28.0 Å². The summed E-state index contributed by atoms with van der Waals surface area (Å²) in [4.78, 5) is 4.54. The van der Waals surface area contributed by atoms with Gasteiger partial charge < -0.3 is 9.88 Å². The van der Waals surface area contributed by atoms with Gasteiger partial charge in [-0.05, 0) is 25.0 Å². The van der Waals surface area contributed by atoms with Crippen LogP contribution in [0.25, 0.3) is 11.0 Å². The number of nitrogens with zero attached hydrogens (tertiary/aromatic N) is 2. The van der Waals surface area contributed by atoms with Crippen molar-refractivity contribution in [1.29, 1.82) is 0 Å². The van der Waals surface area contributed by atoms with Crippen LogP contribution in [0.3, 0.4) is 0 Å². The Morgan fingerprint density at radius 3 is 2.86 bits per heavy atom. The highest BCUT2D eigenvalue weighted by molar-refractivity contribution is 5.78. The number of aryl methyl sites for hydroxylation is 1. The first-order chi connectivity index (χ1) is 6.84. The Kier molecular flexibility index (Phi) is 1.54. The molecule has 0 aliphatic heterocycles. The summed E-state index contributed by atoms with van der Waals surface area (Å²) in [5.74, 6) is 0.994. The van der Waals surface area contributed by atoms with Crippen molar-refractivity contribution in [1.82, 2.24) is 9.55 Å². The molecule has 0 amide bonds. The minimum absolute atomic E-state index is 0.658. The average Bonchev–Trinajstić information content (AvgIpc) is 2.95. The van der Waals surface area contributed by atoms with E-state index in [0.717, 1.165) is 11.5 Å². The summed E-state index contributed by atoms with van der Waals surface area (Å²) in [5.41, 5.74) is 2.26. The van der Waals surface area contributed by atoms with Gasteiger partial charge in [-0.3, -0.25) is 0 Å². The highest BCUT2D eigenvalue weighted by atomic mass is 15.2. The van der Waals surface area contributed by atoms with Crippen LogP contribution in [0.5, 0.6) is 0 Å².